The van der Waals surface area contributed by atoms with Crippen LogP contribution >= 0.6 is 0 Å². The maximum atomic E-state index is 5.53. The van der Waals surface area contributed by atoms with Crippen LogP contribution in [-0.2, 0) is 0 Å². The van der Waals surface area contributed by atoms with Crippen LogP contribution in [0.15, 0.2) is 0 Å². The van der Waals surface area contributed by atoms with Crippen molar-refractivity contribution in [3.8, 4) is 0 Å². The second kappa shape index (κ2) is 5.52. The van der Waals surface area contributed by atoms with Crippen molar-refractivity contribution < 1.29 is 0 Å². The molecular weight excluding hydrogens is 226 g/mol. The molecular formula is C13H23N5. The zero-order chi connectivity index (χ0) is 13.1. The maximum Gasteiger partial charge on any atom is 0.148 e. The van der Waals surface area contributed by atoms with E-state index in [0.717, 1.165) is 17.2 Å². The van der Waals surface area contributed by atoms with E-state index in [4.69, 9.17) is 5.84 Å². The summed E-state index contributed by atoms with van der Waals surface area (Å²) in [4.78, 5) is 9.06. The molecule has 1 saturated carbocycles. The summed E-state index contributed by atoms with van der Waals surface area (Å²) in [7, 11) is 0. The third kappa shape index (κ3) is 2.72. The largest absolute Gasteiger partial charge is 0.367 e. The molecule has 0 spiro atoms. The molecule has 1 aliphatic rings. The number of aromatic nitrogens is 2. The number of anilines is 2. The minimum Gasteiger partial charge on any atom is -0.367 e. The van der Waals surface area contributed by atoms with Crippen molar-refractivity contribution in [3.63, 3.8) is 0 Å². The SMILES string of the molecule is Cc1c(NN)nc(C(C)C)nc1NC1CCCC1. The normalized spacial score (nSPS) is 16.3. The molecule has 0 saturated heterocycles. The van der Waals surface area contributed by atoms with E-state index in [-0.39, 0.29) is 0 Å². The van der Waals surface area contributed by atoms with E-state index in [1.54, 1.807) is 0 Å². The molecule has 0 bridgehead atoms. The number of hydrogen-bond acceptors (Lipinski definition) is 5. The topological polar surface area (TPSA) is 75.9 Å². The predicted molar refractivity (Wildman–Crippen MR) is 74.5 cm³/mol. The van der Waals surface area contributed by atoms with Crippen molar-refractivity contribution in [1.29, 1.82) is 0 Å². The van der Waals surface area contributed by atoms with Crippen LogP contribution in [0.25, 0.3) is 0 Å². The van der Waals surface area contributed by atoms with Gasteiger partial charge in [-0.3, -0.25) is 0 Å². The van der Waals surface area contributed by atoms with E-state index >= 15 is 0 Å². The molecule has 1 aromatic rings. The molecule has 0 aliphatic heterocycles. The van der Waals surface area contributed by atoms with Gasteiger partial charge in [0, 0.05) is 17.5 Å². The lowest BCUT2D eigenvalue weighted by Gasteiger charge is -2.18. The van der Waals surface area contributed by atoms with E-state index in [2.05, 4.69) is 34.6 Å². The van der Waals surface area contributed by atoms with Crippen LogP contribution in [-0.4, -0.2) is 16.0 Å². The van der Waals surface area contributed by atoms with E-state index in [0.29, 0.717) is 17.8 Å². The lowest BCUT2D eigenvalue weighted by molar-refractivity contribution is 0.732. The number of nitrogens with two attached hydrogens (primary N) is 1. The Hall–Kier alpha value is -1.36. The number of nitrogen functional groups attached to an aromatic ring is 1. The zero-order valence-electron chi connectivity index (χ0n) is 11.5. The highest BCUT2D eigenvalue weighted by atomic mass is 15.3. The number of nitrogens with one attached hydrogen (secondary N) is 2. The Balaban J connectivity index is 2.28. The summed E-state index contributed by atoms with van der Waals surface area (Å²) < 4.78 is 0. The highest BCUT2D eigenvalue weighted by Crippen LogP contribution is 2.26. The molecule has 5 heteroatoms. The average Bonchev–Trinajstić information content (AvgIpc) is 2.84. The molecule has 100 valence electrons. The van der Waals surface area contributed by atoms with Crippen LogP contribution in [0.5, 0.6) is 0 Å². The van der Waals surface area contributed by atoms with Crippen LogP contribution < -0.4 is 16.6 Å². The number of rotatable bonds is 4. The van der Waals surface area contributed by atoms with Gasteiger partial charge in [-0.25, -0.2) is 15.8 Å². The lowest BCUT2D eigenvalue weighted by Crippen LogP contribution is -2.20. The fourth-order valence-corrected chi connectivity index (χ4v) is 2.34. The Bertz CT molecular complexity index is 410. The van der Waals surface area contributed by atoms with Gasteiger partial charge in [0.05, 0.1) is 0 Å². The molecule has 5 nitrogen and oxygen atoms in total. The second-order valence-electron chi connectivity index (χ2n) is 5.33. The minimum absolute atomic E-state index is 0.293. The fourth-order valence-electron chi connectivity index (χ4n) is 2.34. The van der Waals surface area contributed by atoms with Crippen molar-refractivity contribution >= 4 is 11.6 Å². The minimum atomic E-state index is 0.293. The highest BCUT2D eigenvalue weighted by Gasteiger charge is 2.18. The molecule has 4 N–H and O–H groups in total. The molecule has 1 heterocycles. The van der Waals surface area contributed by atoms with Crippen LogP contribution in [0, 0.1) is 6.92 Å². The Morgan fingerprint density at radius 2 is 1.78 bits per heavy atom. The monoisotopic (exact) mass is 249 g/mol. The van der Waals surface area contributed by atoms with E-state index in [9.17, 15) is 0 Å². The summed E-state index contributed by atoms with van der Waals surface area (Å²) in [5, 5.41) is 3.53. The molecule has 18 heavy (non-hydrogen) atoms. The summed E-state index contributed by atoms with van der Waals surface area (Å²) in [5.41, 5.74) is 3.66. The third-order valence-electron chi connectivity index (χ3n) is 3.51. The molecule has 2 rings (SSSR count). The molecule has 0 radical (unpaired) electrons. The Kier molecular flexibility index (Phi) is 4.01. The van der Waals surface area contributed by atoms with E-state index in [1.807, 2.05) is 6.92 Å². The Morgan fingerprint density at radius 1 is 1.17 bits per heavy atom. The zero-order valence-corrected chi connectivity index (χ0v) is 11.5. The summed E-state index contributed by atoms with van der Waals surface area (Å²) in [5.74, 6) is 8.29. The van der Waals surface area contributed by atoms with Crippen LogP contribution in [0.1, 0.15) is 56.8 Å². The van der Waals surface area contributed by atoms with Crippen molar-refractivity contribution in [2.75, 3.05) is 10.7 Å². The first-order chi connectivity index (χ1) is 8.61. The molecule has 0 amide bonds. The highest BCUT2D eigenvalue weighted by molar-refractivity contribution is 5.57. The summed E-state index contributed by atoms with van der Waals surface area (Å²) in [6.07, 6.45) is 5.07. The quantitative estimate of drug-likeness (QED) is 0.565. The van der Waals surface area contributed by atoms with Gasteiger partial charge in [0.1, 0.15) is 17.5 Å². The van der Waals surface area contributed by atoms with Crippen molar-refractivity contribution in [3.05, 3.63) is 11.4 Å². The first kappa shape index (κ1) is 13.1. The fraction of sp³-hybridized carbons (Fsp3) is 0.692. The van der Waals surface area contributed by atoms with E-state index < -0.39 is 0 Å². The molecule has 1 aliphatic carbocycles. The predicted octanol–water partition coefficient (Wildman–Crippen LogP) is 2.55. The van der Waals surface area contributed by atoms with Gasteiger partial charge in [-0.2, -0.15) is 0 Å². The van der Waals surface area contributed by atoms with Gasteiger partial charge in [0.25, 0.3) is 0 Å². The Labute approximate surface area is 109 Å². The maximum absolute atomic E-state index is 5.53. The standard InChI is InChI=1S/C13H23N5/c1-8(2)11-16-12(9(3)13(17-11)18-14)15-10-6-4-5-7-10/h8,10H,4-7,14H2,1-3H3,(H2,15,16,17,18). The Morgan fingerprint density at radius 3 is 2.33 bits per heavy atom. The molecule has 1 fully saturated rings. The van der Waals surface area contributed by atoms with Gasteiger partial charge in [-0.1, -0.05) is 26.7 Å². The van der Waals surface area contributed by atoms with Crippen LogP contribution in [0.3, 0.4) is 0 Å². The van der Waals surface area contributed by atoms with Crippen LogP contribution in [0.2, 0.25) is 0 Å². The first-order valence-corrected chi connectivity index (χ1v) is 6.73. The van der Waals surface area contributed by atoms with Gasteiger partial charge in [0.2, 0.25) is 0 Å². The number of nitrogens with zero attached hydrogens (tertiary/aromatic N) is 2. The molecule has 1 aromatic heterocycles. The van der Waals surface area contributed by atoms with Crippen molar-refractivity contribution in [2.45, 2.75) is 58.4 Å². The van der Waals surface area contributed by atoms with Gasteiger partial charge in [0.15, 0.2) is 0 Å². The summed E-state index contributed by atoms with van der Waals surface area (Å²) in [6.45, 7) is 6.17. The molecule has 0 unspecified atom stereocenters. The molecule has 0 atom stereocenters. The lowest BCUT2D eigenvalue weighted by atomic mass is 10.2. The van der Waals surface area contributed by atoms with Crippen molar-refractivity contribution in [2.24, 2.45) is 5.84 Å². The van der Waals surface area contributed by atoms with Gasteiger partial charge >= 0.3 is 0 Å². The third-order valence-corrected chi connectivity index (χ3v) is 3.51. The van der Waals surface area contributed by atoms with Gasteiger partial charge in [-0.05, 0) is 19.8 Å². The van der Waals surface area contributed by atoms with Gasteiger partial charge < -0.3 is 10.7 Å². The van der Waals surface area contributed by atoms with Crippen molar-refractivity contribution in [1.82, 2.24) is 9.97 Å². The first-order valence-electron chi connectivity index (χ1n) is 6.73. The summed E-state index contributed by atoms with van der Waals surface area (Å²) in [6, 6.07) is 0.546. The van der Waals surface area contributed by atoms with E-state index in [1.165, 1.54) is 25.7 Å². The summed E-state index contributed by atoms with van der Waals surface area (Å²) >= 11 is 0. The number of hydrogen-bond donors (Lipinski definition) is 3. The van der Waals surface area contributed by atoms with Crippen LogP contribution in [0.4, 0.5) is 11.6 Å². The molecule has 0 aromatic carbocycles. The van der Waals surface area contributed by atoms with Gasteiger partial charge in [-0.15, -0.1) is 0 Å². The number of hydrazine groups is 1. The second-order valence-corrected chi connectivity index (χ2v) is 5.33. The average molecular weight is 249 g/mol. The smallest absolute Gasteiger partial charge is 0.148 e.